The van der Waals surface area contributed by atoms with Gasteiger partial charge in [0.05, 0.1) is 17.7 Å². The van der Waals surface area contributed by atoms with Gasteiger partial charge in [0.25, 0.3) is 10.0 Å². The molecule has 1 saturated heterocycles. The second-order valence-corrected chi connectivity index (χ2v) is 9.08. The molecular formula is C20H22F2N2O4S. The van der Waals surface area contributed by atoms with E-state index < -0.39 is 16.6 Å². The third kappa shape index (κ3) is 3.89. The molecule has 2 aromatic carbocycles. The second kappa shape index (κ2) is 7.46. The van der Waals surface area contributed by atoms with Crippen LogP contribution in [-0.2, 0) is 15.4 Å². The highest BCUT2D eigenvalue weighted by atomic mass is 32.2. The summed E-state index contributed by atoms with van der Waals surface area (Å²) in [7, 11) is -2.35. The van der Waals surface area contributed by atoms with Crippen molar-refractivity contribution in [3.8, 4) is 11.5 Å². The first-order chi connectivity index (χ1) is 13.8. The lowest BCUT2D eigenvalue weighted by atomic mass is 9.89. The maximum atomic E-state index is 12.9. The Morgan fingerprint density at radius 1 is 1.24 bits per heavy atom. The molecule has 2 unspecified atom stereocenters. The first kappa shape index (κ1) is 19.9. The van der Waals surface area contributed by atoms with Gasteiger partial charge in [0.2, 0.25) is 0 Å². The van der Waals surface area contributed by atoms with Gasteiger partial charge in [-0.3, -0.25) is 4.72 Å². The van der Waals surface area contributed by atoms with Crippen molar-refractivity contribution in [2.45, 2.75) is 29.8 Å². The third-order valence-corrected chi connectivity index (χ3v) is 7.05. The monoisotopic (exact) mass is 424 g/mol. The van der Waals surface area contributed by atoms with E-state index in [4.69, 9.17) is 4.74 Å². The van der Waals surface area contributed by atoms with E-state index in [1.807, 2.05) is 0 Å². The molecule has 0 spiro atoms. The SMILES string of the molecule is COc1ccc(S(=O)(=O)Nc2cccc(OC(F)F)c2)cc1C12CNCCC1C2. The number of fused-ring (bicyclic) bond motifs is 1. The average Bonchev–Trinajstić information content (AvgIpc) is 3.43. The number of halogens is 2. The number of hydrogen-bond donors (Lipinski definition) is 2. The Balaban J connectivity index is 1.63. The van der Waals surface area contributed by atoms with Gasteiger partial charge in [0.1, 0.15) is 11.5 Å². The Hall–Kier alpha value is -2.39. The number of rotatable bonds is 7. The zero-order valence-corrected chi connectivity index (χ0v) is 16.6. The summed E-state index contributed by atoms with van der Waals surface area (Å²) in [6.45, 7) is -1.23. The quantitative estimate of drug-likeness (QED) is 0.713. The molecule has 29 heavy (non-hydrogen) atoms. The minimum Gasteiger partial charge on any atom is -0.496 e. The molecule has 1 aliphatic heterocycles. The molecule has 6 nitrogen and oxygen atoms in total. The van der Waals surface area contributed by atoms with E-state index in [2.05, 4.69) is 14.8 Å². The molecule has 2 atom stereocenters. The van der Waals surface area contributed by atoms with Crippen LogP contribution in [0.15, 0.2) is 47.4 Å². The minimum absolute atomic E-state index is 0.0964. The van der Waals surface area contributed by atoms with Gasteiger partial charge in [-0.15, -0.1) is 0 Å². The summed E-state index contributed by atoms with van der Waals surface area (Å²) in [5.41, 5.74) is 0.928. The summed E-state index contributed by atoms with van der Waals surface area (Å²) in [6.07, 6.45) is 2.05. The van der Waals surface area contributed by atoms with Crippen molar-refractivity contribution in [3.05, 3.63) is 48.0 Å². The van der Waals surface area contributed by atoms with Crippen molar-refractivity contribution < 1.29 is 26.7 Å². The van der Waals surface area contributed by atoms with Gasteiger partial charge in [-0.2, -0.15) is 8.78 Å². The Bertz CT molecular complexity index is 1020. The predicted octanol–water partition coefficient (Wildman–Crippen LogP) is 3.35. The fourth-order valence-electron chi connectivity index (χ4n) is 4.18. The predicted molar refractivity (Wildman–Crippen MR) is 104 cm³/mol. The number of nitrogens with one attached hydrogen (secondary N) is 2. The van der Waals surface area contributed by atoms with Crippen molar-refractivity contribution in [1.29, 1.82) is 0 Å². The number of sulfonamides is 1. The van der Waals surface area contributed by atoms with Crippen LogP contribution in [-0.4, -0.2) is 35.2 Å². The molecule has 9 heteroatoms. The van der Waals surface area contributed by atoms with Crippen molar-refractivity contribution in [2.75, 3.05) is 24.9 Å². The van der Waals surface area contributed by atoms with E-state index >= 15 is 0 Å². The average molecular weight is 424 g/mol. The number of piperidine rings is 1. The highest BCUT2D eigenvalue weighted by Crippen LogP contribution is 2.59. The van der Waals surface area contributed by atoms with E-state index in [1.54, 1.807) is 19.2 Å². The van der Waals surface area contributed by atoms with E-state index in [9.17, 15) is 17.2 Å². The van der Waals surface area contributed by atoms with Gasteiger partial charge in [-0.05, 0) is 55.6 Å². The number of hydrogen-bond acceptors (Lipinski definition) is 5. The van der Waals surface area contributed by atoms with Crippen LogP contribution in [0.25, 0.3) is 0 Å². The Kier molecular flexibility index (Phi) is 5.12. The fourth-order valence-corrected chi connectivity index (χ4v) is 5.26. The summed E-state index contributed by atoms with van der Waals surface area (Å²) in [6, 6.07) is 10.3. The molecule has 2 aliphatic rings. The topological polar surface area (TPSA) is 76.7 Å². The van der Waals surface area contributed by atoms with Crippen LogP contribution < -0.4 is 19.5 Å². The van der Waals surface area contributed by atoms with E-state index in [1.165, 1.54) is 30.3 Å². The van der Waals surface area contributed by atoms with Gasteiger partial charge in [0, 0.05) is 23.6 Å². The summed E-state index contributed by atoms with van der Waals surface area (Å²) < 4.78 is 62.9. The molecule has 2 aromatic rings. The molecule has 2 fully saturated rings. The molecule has 0 amide bonds. The standard InChI is InChI=1S/C20H22F2N2O4S/c1-27-18-6-5-16(10-17(18)20-11-13(20)7-8-23-12-20)29(25,26)24-14-3-2-4-15(9-14)28-19(21)22/h2-6,9-10,13,19,23-24H,7-8,11-12H2,1H3. The lowest BCUT2D eigenvalue weighted by Gasteiger charge is -2.25. The molecule has 1 saturated carbocycles. The van der Waals surface area contributed by atoms with E-state index in [-0.39, 0.29) is 21.7 Å². The number of ether oxygens (including phenoxy) is 2. The van der Waals surface area contributed by atoms with Crippen LogP contribution >= 0.6 is 0 Å². The third-order valence-electron chi connectivity index (χ3n) is 5.67. The Morgan fingerprint density at radius 2 is 2.07 bits per heavy atom. The zero-order chi connectivity index (χ0) is 20.6. The molecule has 1 heterocycles. The maximum absolute atomic E-state index is 12.9. The number of methoxy groups -OCH3 is 1. The molecule has 2 N–H and O–H groups in total. The van der Waals surface area contributed by atoms with Crippen molar-refractivity contribution in [2.24, 2.45) is 5.92 Å². The molecule has 156 valence electrons. The normalized spacial score (nSPS) is 23.4. The van der Waals surface area contributed by atoms with Crippen molar-refractivity contribution in [3.63, 3.8) is 0 Å². The minimum atomic E-state index is -3.92. The summed E-state index contributed by atoms with van der Waals surface area (Å²) in [4.78, 5) is 0.0964. The van der Waals surface area contributed by atoms with Crippen LogP contribution in [0.2, 0.25) is 0 Å². The van der Waals surface area contributed by atoms with Crippen LogP contribution in [0.3, 0.4) is 0 Å². The molecule has 4 rings (SSSR count). The number of alkyl halides is 2. The number of anilines is 1. The summed E-state index contributed by atoms with van der Waals surface area (Å²) in [5, 5.41) is 3.39. The van der Waals surface area contributed by atoms with Crippen molar-refractivity contribution >= 4 is 15.7 Å². The highest BCUT2D eigenvalue weighted by Gasteiger charge is 2.57. The van der Waals surface area contributed by atoms with Gasteiger partial charge in [0.15, 0.2) is 0 Å². The maximum Gasteiger partial charge on any atom is 0.387 e. The summed E-state index contributed by atoms with van der Waals surface area (Å²) >= 11 is 0. The number of benzene rings is 2. The first-order valence-electron chi connectivity index (χ1n) is 9.31. The van der Waals surface area contributed by atoms with Crippen LogP contribution in [0.1, 0.15) is 18.4 Å². The molecular weight excluding hydrogens is 402 g/mol. The highest BCUT2D eigenvalue weighted by molar-refractivity contribution is 7.92. The molecule has 0 bridgehead atoms. The lowest BCUT2D eigenvalue weighted by Crippen LogP contribution is -2.34. The smallest absolute Gasteiger partial charge is 0.387 e. The second-order valence-electron chi connectivity index (χ2n) is 7.40. The van der Waals surface area contributed by atoms with E-state index in [0.29, 0.717) is 11.7 Å². The molecule has 1 aliphatic carbocycles. The van der Waals surface area contributed by atoms with Crippen molar-refractivity contribution in [1.82, 2.24) is 5.32 Å². The van der Waals surface area contributed by atoms with E-state index in [0.717, 1.165) is 31.5 Å². The van der Waals surface area contributed by atoms with Crippen LogP contribution in [0.4, 0.5) is 14.5 Å². The fraction of sp³-hybridized carbons (Fsp3) is 0.400. The van der Waals surface area contributed by atoms with Gasteiger partial charge >= 0.3 is 6.61 Å². The molecule has 0 aromatic heterocycles. The largest absolute Gasteiger partial charge is 0.496 e. The van der Waals surface area contributed by atoms with Crippen LogP contribution in [0.5, 0.6) is 11.5 Å². The molecule has 0 radical (unpaired) electrons. The first-order valence-corrected chi connectivity index (χ1v) is 10.8. The van der Waals surface area contributed by atoms with Crippen LogP contribution in [0, 0.1) is 5.92 Å². The Labute approximate surface area is 168 Å². The lowest BCUT2D eigenvalue weighted by molar-refractivity contribution is -0.0497. The zero-order valence-electron chi connectivity index (χ0n) is 15.8. The van der Waals surface area contributed by atoms with Gasteiger partial charge < -0.3 is 14.8 Å². The Morgan fingerprint density at radius 3 is 2.79 bits per heavy atom. The van der Waals surface area contributed by atoms with Gasteiger partial charge in [-0.25, -0.2) is 8.42 Å². The van der Waals surface area contributed by atoms with Gasteiger partial charge in [-0.1, -0.05) is 6.07 Å². The summed E-state index contributed by atoms with van der Waals surface area (Å²) in [5.74, 6) is 1.07.